The highest BCUT2D eigenvalue weighted by Crippen LogP contribution is 2.21. The van der Waals surface area contributed by atoms with Crippen LogP contribution in [0.4, 0.5) is 4.39 Å². The molecule has 0 bridgehead atoms. The van der Waals surface area contributed by atoms with E-state index in [2.05, 4.69) is 5.32 Å². The van der Waals surface area contributed by atoms with E-state index < -0.39 is 6.04 Å². The molecule has 24 heavy (non-hydrogen) atoms. The summed E-state index contributed by atoms with van der Waals surface area (Å²) in [6.45, 7) is 4.55. The van der Waals surface area contributed by atoms with Crippen molar-refractivity contribution in [3.63, 3.8) is 0 Å². The molecular weight excluding hydrogens is 327 g/mol. The van der Waals surface area contributed by atoms with Gasteiger partial charge < -0.3 is 5.32 Å². The van der Waals surface area contributed by atoms with Crippen LogP contribution in [0.15, 0.2) is 42.5 Å². The van der Waals surface area contributed by atoms with Gasteiger partial charge in [-0.2, -0.15) is 0 Å². The van der Waals surface area contributed by atoms with Crippen LogP contribution in [-0.2, 0) is 17.9 Å². The van der Waals surface area contributed by atoms with Crippen molar-refractivity contribution in [1.82, 2.24) is 10.2 Å². The molecule has 3 nitrogen and oxygen atoms in total. The summed E-state index contributed by atoms with van der Waals surface area (Å²) in [5, 5.41) is 3.28. The highest BCUT2D eigenvalue weighted by molar-refractivity contribution is 6.31. The molecule has 2 rings (SSSR count). The second-order valence-corrected chi connectivity index (χ2v) is 6.40. The minimum Gasteiger partial charge on any atom is -0.351 e. The number of amides is 1. The van der Waals surface area contributed by atoms with Crippen LogP contribution in [0.5, 0.6) is 0 Å². The van der Waals surface area contributed by atoms with E-state index in [1.807, 2.05) is 31.2 Å². The fourth-order valence-electron chi connectivity index (χ4n) is 2.31. The number of nitrogens with zero attached hydrogens (tertiary/aromatic N) is 1. The third-order valence-corrected chi connectivity index (χ3v) is 4.45. The molecule has 1 atom stereocenters. The van der Waals surface area contributed by atoms with Gasteiger partial charge in [0.1, 0.15) is 5.82 Å². The normalized spacial score (nSPS) is 12.2. The fourth-order valence-corrected chi connectivity index (χ4v) is 2.54. The van der Waals surface area contributed by atoms with E-state index in [9.17, 15) is 9.18 Å². The SMILES string of the molecule is Cc1ccc(CNC(=O)C(C)N(C)Cc2c(F)cccc2Cl)cc1. The molecule has 128 valence electrons. The summed E-state index contributed by atoms with van der Waals surface area (Å²) in [5.41, 5.74) is 2.63. The highest BCUT2D eigenvalue weighted by Gasteiger charge is 2.20. The zero-order valence-corrected chi connectivity index (χ0v) is 14.9. The first-order valence-corrected chi connectivity index (χ1v) is 8.22. The van der Waals surface area contributed by atoms with Gasteiger partial charge in [-0.25, -0.2) is 4.39 Å². The molecule has 0 aliphatic heterocycles. The average Bonchev–Trinajstić information content (AvgIpc) is 2.56. The summed E-state index contributed by atoms with van der Waals surface area (Å²) in [7, 11) is 1.78. The minimum absolute atomic E-state index is 0.106. The van der Waals surface area contributed by atoms with Gasteiger partial charge in [-0.05, 0) is 38.6 Å². The van der Waals surface area contributed by atoms with Crippen LogP contribution in [-0.4, -0.2) is 23.9 Å². The van der Waals surface area contributed by atoms with Gasteiger partial charge in [-0.1, -0.05) is 47.5 Å². The minimum atomic E-state index is -0.397. The Bertz CT molecular complexity index is 683. The number of hydrogen-bond donors (Lipinski definition) is 1. The first-order valence-electron chi connectivity index (χ1n) is 7.85. The average molecular weight is 349 g/mol. The van der Waals surface area contributed by atoms with Crippen molar-refractivity contribution in [2.24, 2.45) is 0 Å². The molecule has 0 aromatic heterocycles. The number of rotatable bonds is 6. The molecule has 0 aliphatic rings. The zero-order valence-electron chi connectivity index (χ0n) is 14.1. The van der Waals surface area contributed by atoms with Crippen molar-refractivity contribution in [3.8, 4) is 0 Å². The molecule has 0 radical (unpaired) electrons. The maximum atomic E-state index is 13.9. The number of hydrogen-bond acceptors (Lipinski definition) is 2. The molecule has 2 aromatic carbocycles. The van der Waals surface area contributed by atoms with Gasteiger partial charge in [0.2, 0.25) is 5.91 Å². The Labute approximate surface area is 147 Å². The van der Waals surface area contributed by atoms with Crippen LogP contribution in [0.1, 0.15) is 23.6 Å². The lowest BCUT2D eigenvalue weighted by molar-refractivity contribution is -0.125. The van der Waals surface area contributed by atoms with E-state index in [-0.39, 0.29) is 18.3 Å². The lowest BCUT2D eigenvalue weighted by Gasteiger charge is -2.24. The van der Waals surface area contributed by atoms with E-state index in [1.54, 1.807) is 31.0 Å². The van der Waals surface area contributed by atoms with Crippen molar-refractivity contribution < 1.29 is 9.18 Å². The Balaban J connectivity index is 1.93. The lowest BCUT2D eigenvalue weighted by atomic mass is 10.1. The molecule has 1 N–H and O–H groups in total. The van der Waals surface area contributed by atoms with Gasteiger partial charge >= 0.3 is 0 Å². The lowest BCUT2D eigenvalue weighted by Crippen LogP contribution is -2.42. The number of carbonyl (C=O) groups is 1. The molecule has 2 aromatic rings. The van der Waals surface area contributed by atoms with Gasteiger partial charge in [0.15, 0.2) is 0 Å². The summed E-state index contributed by atoms with van der Waals surface area (Å²) >= 11 is 6.04. The largest absolute Gasteiger partial charge is 0.351 e. The van der Waals surface area contributed by atoms with E-state index in [0.29, 0.717) is 17.1 Å². The Hall–Kier alpha value is -1.91. The van der Waals surface area contributed by atoms with Crippen LogP contribution in [0.2, 0.25) is 5.02 Å². The van der Waals surface area contributed by atoms with Crippen molar-refractivity contribution in [2.75, 3.05) is 7.05 Å². The predicted octanol–water partition coefficient (Wildman–Crippen LogP) is 3.92. The molecule has 0 fully saturated rings. The maximum absolute atomic E-state index is 13.9. The maximum Gasteiger partial charge on any atom is 0.237 e. The van der Waals surface area contributed by atoms with E-state index in [0.717, 1.165) is 5.56 Å². The van der Waals surface area contributed by atoms with Crippen LogP contribution in [0.3, 0.4) is 0 Å². The molecular formula is C19H22ClFN2O. The van der Waals surface area contributed by atoms with E-state index in [4.69, 9.17) is 11.6 Å². The fraction of sp³-hybridized carbons (Fsp3) is 0.316. The molecule has 0 aliphatic carbocycles. The van der Waals surface area contributed by atoms with Gasteiger partial charge in [0, 0.05) is 23.7 Å². The second kappa shape index (κ2) is 8.27. The number of nitrogens with one attached hydrogen (secondary N) is 1. The smallest absolute Gasteiger partial charge is 0.237 e. The van der Waals surface area contributed by atoms with Crippen molar-refractivity contribution >= 4 is 17.5 Å². The number of halogens is 2. The van der Waals surface area contributed by atoms with Gasteiger partial charge in [-0.3, -0.25) is 9.69 Å². The highest BCUT2D eigenvalue weighted by atomic mass is 35.5. The molecule has 0 heterocycles. The van der Waals surface area contributed by atoms with Crippen LogP contribution in [0, 0.1) is 12.7 Å². The first kappa shape index (κ1) is 18.4. The Morgan fingerprint density at radius 2 is 1.92 bits per heavy atom. The summed E-state index contributed by atoms with van der Waals surface area (Å²) in [6.07, 6.45) is 0. The number of carbonyl (C=O) groups excluding carboxylic acids is 1. The quantitative estimate of drug-likeness (QED) is 0.858. The van der Waals surface area contributed by atoms with E-state index >= 15 is 0 Å². The van der Waals surface area contributed by atoms with Gasteiger partial charge in [0.25, 0.3) is 0 Å². The van der Waals surface area contributed by atoms with Crippen molar-refractivity contribution in [3.05, 3.63) is 70.0 Å². The molecule has 1 amide bonds. The monoisotopic (exact) mass is 348 g/mol. The summed E-state index contributed by atoms with van der Waals surface area (Å²) in [6, 6.07) is 12.2. The van der Waals surface area contributed by atoms with E-state index in [1.165, 1.54) is 11.6 Å². The molecule has 0 saturated heterocycles. The molecule has 0 saturated carbocycles. The van der Waals surface area contributed by atoms with Gasteiger partial charge in [-0.15, -0.1) is 0 Å². The first-order chi connectivity index (χ1) is 11.4. The number of benzene rings is 2. The molecule has 5 heteroatoms. The van der Waals surface area contributed by atoms with Crippen molar-refractivity contribution in [2.45, 2.75) is 33.0 Å². The third kappa shape index (κ3) is 4.79. The van der Waals surface area contributed by atoms with Crippen LogP contribution < -0.4 is 5.32 Å². The third-order valence-electron chi connectivity index (χ3n) is 4.10. The zero-order chi connectivity index (χ0) is 17.7. The Morgan fingerprint density at radius 1 is 1.25 bits per heavy atom. The number of likely N-dealkylation sites (N-methyl/N-ethyl adjacent to an activating group) is 1. The second-order valence-electron chi connectivity index (χ2n) is 5.99. The summed E-state index contributed by atoms with van der Waals surface area (Å²) < 4.78 is 13.9. The van der Waals surface area contributed by atoms with Gasteiger partial charge in [0.05, 0.1) is 6.04 Å². The molecule has 1 unspecified atom stereocenters. The predicted molar refractivity (Wildman–Crippen MR) is 95.4 cm³/mol. The summed E-state index contributed by atoms with van der Waals surface area (Å²) in [4.78, 5) is 14.1. The van der Waals surface area contributed by atoms with Crippen LogP contribution >= 0.6 is 11.6 Å². The van der Waals surface area contributed by atoms with Crippen molar-refractivity contribution in [1.29, 1.82) is 0 Å². The summed E-state index contributed by atoms with van der Waals surface area (Å²) in [5.74, 6) is -0.466. The Kier molecular flexibility index (Phi) is 6.35. The number of aryl methyl sites for hydroxylation is 1. The topological polar surface area (TPSA) is 32.3 Å². The molecule has 0 spiro atoms. The standard InChI is InChI=1S/C19H22ClFN2O/c1-13-7-9-15(10-8-13)11-22-19(24)14(2)23(3)12-16-17(20)5-4-6-18(16)21/h4-10,14H,11-12H2,1-3H3,(H,22,24). The Morgan fingerprint density at radius 3 is 2.54 bits per heavy atom. The van der Waals surface area contributed by atoms with Crippen LogP contribution in [0.25, 0.3) is 0 Å².